The van der Waals surface area contributed by atoms with Gasteiger partial charge < -0.3 is 4.90 Å². The van der Waals surface area contributed by atoms with Gasteiger partial charge in [-0.2, -0.15) is 0 Å². The van der Waals surface area contributed by atoms with Crippen LogP contribution in [0.3, 0.4) is 0 Å². The maximum Gasteiger partial charge on any atom is 0.159 e. The summed E-state index contributed by atoms with van der Waals surface area (Å²) < 4.78 is 0. The van der Waals surface area contributed by atoms with Crippen molar-refractivity contribution in [2.45, 2.75) is 91.4 Å². The van der Waals surface area contributed by atoms with Gasteiger partial charge in [-0.1, -0.05) is 128 Å². The largest absolute Gasteiger partial charge is 0.311 e. The molecule has 6 aromatic rings. The normalized spacial score (nSPS) is 11.9. The minimum atomic E-state index is 0.0962. The summed E-state index contributed by atoms with van der Waals surface area (Å²) in [6, 6.07) is 39.7. The van der Waals surface area contributed by atoms with Gasteiger partial charge in [0.15, 0.2) is 5.82 Å². The third-order valence-electron chi connectivity index (χ3n) is 9.51. The Morgan fingerprint density at radius 2 is 1.08 bits per heavy atom. The van der Waals surface area contributed by atoms with Crippen LogP contribution in [0.5, 0.6) is 0 Å². The molecule has 256 valence electrons. The van der Waals surface area contributed by atoms with Gasteiger partial charge in [-0.25, -0.2) is 9.97 Å². The van der Waals surface area contributed by atoms with E-state index >= 15 is 0 Å². The van der Waals surface area contributed by atoms with Crippen LogP contribution in [0.1, 0.15) is 90.8 Å². The van der Waals surface area contributed by atoms with Crippen LogP contribution in [0, 0.1) is 0 Å². The number of anilines is 3. The van der Waals surface area contributed by atoms with Crippen LogP contribution in [0.15, 0.2) is 121 Å². The van der Waals surface area contributed by atoms with Crippen LogP contribution in [0.25, 0.3) is 33.1 Å². The van der Waals surface area contributed by atoms with Crippen molar-refractivity contribution in [3.63, 3.8) is 0 Å². The van der Waals surface area contributed by atoms with Crippen molar-refractivity contribution in [1.29, 1.82) is 0 Å². The molecule has 6 rings (SSSR count). The van der Waals surface area contributed by atoms with Gasteiger partial charge in [0.25, 0.3) is 0 Å². The number of hydrogen-bond acceptors (Lipinski definition) is 4. The zero-order chi connectivity index (χ0) is 35.3. The highest BCUT2D eigenvalue weighted by Crippen LogP contribution is 2.38. The molecule has 0 spiro atoms. The predicted octanol–water partition coefficient (Wildman–Crippen LogP) is 13.7. The molecule has 0 saturated heterocycles. The van der Waals surface area contributed by atoms with E-state index in [2.05, 4.69) is 167 Å². The molecule has 4 aromatic carbocycles. The summed E-state index contributed by atoms with van der Waals surface area (Å²) in [5.74, 6) is 0.739. The maximum absolute atomic E-state index is 5.02. The summed E-state index contributed by atoms with van der Waals surface area (Å²) in [6.07, 6.45) is 8.15. The van der Waals surface area contributed by atoms with E-state index in [9.17, 15) is 0 Å². The zero-order valence-corrected chi connectivity index (χ0v) is 31.6. The van der Waals surface area contributed by atoms with Gasteiger partial charge in [0.1, 0.15) is 0 Å². The summed E-state index contributed by atoms with van der Waals surface area (Å²) in [5.41, 5.74) is 11.9. The Morgan fingerprint density at radius 1 is 0.560 bits per heavy atom. The Hall–Kier alpha value is -4.54. The lowest BCUT2D eigenvalue weighted by atomic mass is 9.86. The Bertz CT molecular complexity index is 1920. The number of aromatic nitrogens is 2. The summed E-state index contributed by atoms with van der Waals surface area (Å²) in [4.78, 5) is 13.4. The minimum Gasteiger partial charge on any atom is -0.311 e. The Labute approximate surface area is 304 Å². The van der Waals surface area contributed by atoms with Crippen LogP contribution in [-0.2, 0) is 17.3 Å². The van der Waals surface area contributed by atoms with Gasteiger partial charge in [0, 0.05) is 39.3 Å². The van der Waals surface area contributed by atoms with Crippen molar-refractivity contribution < 1.29 is 0 Å². The van der Waals surface area contributed by atoms with E-state index in [1.54, 1.807) is 0 Å². The molecule has 0 N–H and O–H groups in total. The van der Waals surface area contributed by atoms with Gasteiger partial charge in [-0.3, -0.25) is 0 Å². The smallest absolute Gasteiger partial charge is 0.159 e. The fraction of sp³-hybridized carbons (Fsp3) is 0.304. The van der Waals surface area contributed by atoms with E-state index in [1.165, 1.54) is 52.8 Å². The lowest BCUT2D eigenvalue weighted by molar-refractivity contribution is 0.590. The number of unbranched alkanes of at least 4 members (excludes halogenated alkanes) is 3. The molecule has 3 nitrogen and oxygen atoms in total. The summed E-state index contributed by atoms with van der Waals surface area (Å²) in [5, 5.41) is 2.22. The lowest BCUT2D eigenvalue weighted by Crippen LogP contribution is -2.14. The van der Waals surface area contributed by atoms with Crippen molar-refractivity contribution >= 4 is 28.4 Å². The standard InChI is InChI=1S/C46H51N3S/c1-8-9-10-11-12-34-30-32-50-43(34)35-13-15-36(16-14-35)44-47-31-29-42(48-44)33-17-23-39(24-18-33)49(40-25-19-37(20-26-40)45(2,3)4)41-27-21-38(22-28-41)46(5,6)7/h13-32H,8-12H2,1-7H3. The third-order valence-corrected chi connectivity index (χ3v) is 10.5. The molecule has 0 unspecified atom stereocenters. The fourth-order valence-electron chi connectivity index (χ4n) is 6.41. The molecule has 0 fully saturated rings. The van der Waals surface area contributed by atoms with Crippen LogP contribution < -0.4 is 4.90 Å². The van der Waals surface area contributed by atoms with E-state index in [-0.39, 0.29) is 10.8 Å². The molecule has 2 aromatic heterocycles. The predicted molar refractivity (Wildman–Crippen MR) is 216 cm³/mol. The van der Waals surface area contributed by atoms with E-state index in [0.29, 0.717) is 0 Å². The van der Waals surface area contributed by atoms with Crippen LogP contribution in [0.4, 0.5) is 17.1 Å². The van der Waals surface area contributed by atoms with Gasteiger partial charge in [0.05, 0.1) is 5.69 Å². The summed E-state index contributed by atoms with van der Waals surface area (Å²) in [7, 11) is 0. The molecule has 50 heavy (non-hydrogen) atoms. The van der Waals surface area contributed by atoms with Gasteiger partial charge in [0.2, 0.25) is 0 Å². The first-order valence-corrected chi connectivity index (χ1v) is 19.0. The molecule has 0 aliphatic heterocycles. The number of thiophene rings is 1. The second kappa shape index (κ2) is 15.1. The first kappa shape index (κ1) is 35.3. The molecule has 0 saturated carbocycles. The second-order valence-electron chi connectivity index (χ2n) is 15.4. The maximum atomic E-state index is 5.02. The number of rotatable bonds is 11. The van der Waals surface area contributed by atoms with E-state index in [4.69, 9.17) is 4.98 Å². The van der Waals surface area contributed by atoms with Gasteiger partial charge in [-0.05, 0) is 99.8 Å². The van der Waals surface area contributed by atoms with E-state index in [0.717, 1.165) is 46.1 Å². The monoisotopic (exact) mass is 677 g/mol. The highest BCUT2D eigenvalue weighted by atomic mass is 32.1. The highest BCUT2D eigenvalue weighted by Gasteiger charge is 2.19. The van der Waals surface area contributed by atoms with Gasteiger partial charge in [-0.15, -0.1) is 11.3 Å². The average Bonchev–Trinajstić information content (AvgIpc) is 3.59. The number of nitrogens with zero attached hydrogens (tertiary/aromatic N) is 3. The fourth-order valence-corrected chi connectivity index (χ4v) is 7.37. The van der Waals surface area contributed by atoms with Crippen molar-refractivity contribution in [3.05, 3.63) is 137 Å². The number of hydrogen-bond donors (Lipinski definition) is 0. The third kappa shape index (κ3) is 8.25. The van der Waals surface area contributed by atoms with E-state index < -0.39 is 0 Å². The molecular formula is C46H51N3S. The van der Waals surface area contributed by atoms with Crippen molar-refractivity contribution in [2.24, 2.45) is 0 Å². The second-order valence-corrected chi connectivity index (χ2v) is 16.3. The van der Waals surface area contributed by atoms with Crippen LogP contribution >= 0.6 is 11.3 Å². The quantitative estimate of drug-likeness (QED) is 0.128. The van der Waals surface area contributed by atoms with E-state index in [1.807, 2.05) is 23.6 Å². The molecule has 0 radical (unpaired) electrons. The van der Waals surface area contributed by atoms with Crippen molar-refractivity contribution in [1.82, 2.24) is 9.97 Å². The Kier molecular flexibility index (Phi) is 10.7. The highest BCUT2D eigenvalue weighted by molar-refractivity contribution is 7.13. The molecule has 2 heterocycles. The Balaban J connectivity index is 1.25. The number of benzene rings is 4. The molecule has 0 atom stereocenters. The minimum absolute atomic E-state index is 0.0962. The molecular weight excluding hydrogens is 627 g/mol. The Morgan fingerprint density at radius 3 is 1.62 bits per heavy atom. The number of aryl methyl sites for hydroxylation is 1. The molecule has 0 aliphatic carbocycles. The molecule has 0 aliphatic rings. The zero-order valence-electron chi connectivity index (χ0n) is 30.8. The topological polar surface area (TPSA) is 29.0 Å². The van der Waals surface area contributed by atoms with Gasteiger partial charge >= 0.3 is 0 Å². The van der Waals surface area contributed by atoms with Crippen molar-refractivity contribution in [3.8, 4) is 33.1 Å². The molecule has 4 heteroatoms. The van der Waals surface area contributed by atoms with Crippen molar-refractivity contribution in [2.75, 3.05) is 4.90 Å². The SMILES string of the molecule is CCCCCCc1ccsc1-c1ccc(-c2nccc(-c3ccc(N(c4ccc(C(C)(C)C)cc4)c4ccc(C(C)(C)C)cc4)cc3)n2)cc1. The summed E-state index contributed by atoms with van der Waals surface area (Å²) >= 11 is 1.84. The average molecular weight is 678 g/mol. The lowest BCUT2D eigenvalue weighted by Gasteiger charge is -2.28. The van der Waals surface area contributed by atoms with Crippen LogP contribution in [-0.4, -0.2) is 9.97 Å². The molecule has 0 amide bonds. The summed E-state index contributed by atoms with van der Waals surface area (Å²) in [6.45, 7) is 15.8. The molecule has 0 bridgehead atoms. The first-order valence-electron chi connectivity index (χ1n) is 18.1. The van der Waals surface area contributed by atoms with Crippen LogP contribution in [0.2, 0.25) is 0 Å². The first-order chi connectivity index (χ1) is 24.0.